The Balaban J connectivity index is 2.05. The van der Waals surface area contributed by atoms with E-state index in [4.69, 9.17) is 0 Å². The van der Waals surface area contributed by atoms with Gasteiger partial charge >= 0.3 is 0 Å². The molecule has 2 rings (SSSR count). The van der Waals surface area contributed by atoms with Crippen LogP contribution in [0.2, 0.25) is 0 Å². The molecule has 2 aromatic rings. The van der Waals surface area contributed by atoms with Gasteiger partial charge in [-0.15, -0.1) is 0 Å². The Kier molecular flexibility index (Phi) is 4.35. The van der Waals surface area contributed by atoms with E-state index in [0.717, 1.165) is 22.5 Å². The number of amides is 1. The molecule has 0 aliphatic heterocycles. The first-order chi connectivity index (χ1) is 9.61. The van der Waals surface area contributed by atoms with Gasteiger partial charge in [0.25, 0.3) is 5.91 Å². The highest BCUT2D eigenvalue weighted by atomic mass is 16.1. The van der Waals surface area contributed by atoms with E-state index in [1.165, 1.54) is 0 Å². The minimum absolute atomic E-state index is 0.0826. The average Bonchev–Trinajstić information content (AvgIpc) is 2.46. The lowest BCUT2D eigenvalue weighted by molar-refractivity contribution is 0.0950. The molecule has 0 radical (unpaired) electrons. The van der Waals surface area contributed by atoms with Crippen LogP contribution in [0.15, 0.2) is 36.5 Å². The first-order valence-corrected chi connectivity index (χ1v) is 6.59. The molecule has 0 bridgehead atoms. The number of carbonyl (C=O) groups is 1. The maximum absolute atomic E-state index is 12.1. The van der Waals surface area contributed by atoms with Crippen molar-refractivity contribution in [3.63, 3.8) is 0 Å². The van der Waals surface area contributed by atoms with Crippen molar-refractivity contribution in [3.05, 3.63) is 58.9 Å². The highest BCUT2D eigenvalue weighted by Gasteiger charge is 2.08. The van der Waals surface area contributed by atoms with Gasteiger partial charge in [0, 0.05) is 24.5 Å². The van der Waals surface area contributed by atoms with Crippen molar-refractivity contribution in [2.24, 2.45) is 0 Å². The van der Waals surface area contributed by atoms with Crippen molar-refractivity contribution in [2.75, 3.05) is 12.4 Å². The Morgan fingerprint density at radius 3 is 2.65 bits per heavy atom. The molecular weight excluding hydrogens is 250 g/mol. The largest absolute Gasteiger partial charge is 0.388 e. The number of anilines is 1. The molecule has 1 aromatic heterocycles. The molecule has 104 valence electrons. The number of hydrogen-bond acceptors (Lipinski definition) is 3. The smallest absolute Gasteiger partial charge is 0.251 e. The molecule has 0 saturated heterocycles. The van der Waals surface area contributed by atoms with Gasteiger partial charge in [-0.1, -0.05) is 6.07 Å². The van der Waals surface area contributed by atoms with E-state index in [9.17, 15) is 4.79 Å². The SMILES string of the molecule is CNc1ccc(C(=O)NCc2ncccc2C)cc1C. The van der Waals surface area contributed by atoms with Crippen LogP contribution >= 0.6 is 0 Å². The van der Waals surface area contributed by atoms with Gasteiger partial charge in [-0.2, -0.15) is 0 Å². The van der Waals surface area contributed by atoms with Gasteiger partial charge in [-0.05, 0) is 49.2 Å². The number of hydrogen-bond donors (Lipinski definition) is 2. The van der Waals surface area contributed by atoms with E-state index in [2.05, 4.69) is 15.6 Å². The van der Waals surface area contributed by atoms with Crippen LogP contribution in [0.4, 0.5) is 5.69 Å². The van der Waals surface area contributed by atoms with E-state index in [1.54, 1.807) is 6.20 Å². The molecule has 0 aliphatic carbocycles. The summed E-state index contributed by atoms with van der Waals surface area (Å²) in [5.41, 5.74) is 4.71. The Morgan fingerprint density at radius 2 is 2.00 bits per heavy atom. The maximum atomic E-state index is 12.1. The van der Waals surface area contributed by atoms with Crippen molar-refractivity contribution < 1.29 is 4.79 Å². The molecule has 4 heteroatoms. The Hall–Kier alpha value is -2.36. The van der Waals surface area contributed by atoms with Gasteiger partial charge in [0.2, 0.25) is 0 Å². The molecule has 0 fully saturated rings. The number of nitrogens with zero attached hydrogens (tertiary/aromatic N) is 1. The van der Waals surface area contributed by atoms with Gasteiger partial charge < -0.3 is 10.6 Å². The topological polar surface area (TPSA) is 54.0 Å². The minimum Gasteiger partial charge on any atom is -0.388 e. The normalized spacial score (nSPS) is 10.2. The summed E-state index contributed by atoms with van der Waals surface area (Å²) in [4.78, 5) is 16.4. The lowest BCUT2D eigenvalue weighted by Gasteiger charge is -2.09. The summed E-state index contributed by atoms with van der Waals surface area (Å²) in [7, 11) is 1.87. The van der Waals surface area contributed by atoms with Gasteiger partial charge in [-0.3, -0.25) is 9.78 Å². The second kappa shape index (κ2) is 6.19. The Bertz CT molecular complexity index is 623. The number of pyridine rings is 1. The summed E-state index contributed by atoms with van der Waals surface area (Å²) in [5.74, 6) is -0.0826. The number of rotatable bonds is 4. The molecule has 1 aromatic carbocycles. The molecule has 4 nitrogen and oxygen atoms in total. The van der Waals surface area contributed by atoms with Gasteiger partial charge in [0.05, 0.1) is 12.2 Å². The third kappa shape index (κ3) is 3.15. The zero-order valence-electron chi connectivity index (χ0n) is 12.0. The molecule has 1 heterocycles. The summed E-state index contributed by atoms with van der Waals surface area (Å²) in [6.07, 6.45) is 1.74. The van der Waals surface area contributed by atoms with Gasteiger partial charge in [0.1, 0.15) is 0 Å². The molecule has 0 unspecified atom stereocenters. The van der Waals surface area contributed by atoms with E-state index < -0.39 is 0 Å². The second-order valence-corrected chi connectivity index (χ2v) is 4.73. The Morgan fingerprint density at radius 1 is 1.20 bits per heavy atom. The molecule has 0 spiro atoms. The van der Waals surface area contributed by atoms with E-state index in [0.29, 0.717) is 12.1 Å². The van der Waals surface area contributed by atoms with Crippen molar-refractivity contribution in [1.29, 1.82) is 0 Å². The monoisotopic (exact) mass is 269 g/mol. The third-order valence-corrected chi connectivity index (χ3v) is 3.29. The summed E-state index contributed by atoms with van der Waals surface area (Å²) in [6, 6.07) is 9.49. The van der Waals surface area contributed by atoms with Crippen LogP contribution in [0.1, 0.15) is 27.2 Å². The lowest BCUT2D eigenvalue weighted by atomic mass is 10.1. The molecule has 2 N–H and O–H groups in total. The predicted molar refractivity (Wildman–Crippen MR) is 80.9 cm³/mol. The lowest BCUT2D eigenvalue weighted by Crippen LogP contribution is -2.23. The molecule has 20 heavy (non-hydrogen) atoms. The number of aryl methyl sites for hydroxylation is 2. The first-order valence-electron chi connectivity index (χ1n) is 6.59. The first kappa shape index (κ1) is 14.1. The van der Waals surface area contributed by atoms with Crippen molar-refractivity contribution in [2.45, 2.75) is 20.4 Å². The highest BCUT2D eigenvalue weighted by Crippen LogP contribution is 2.15. The standard InChI is InChI=1S/C16H19N3O/c1-11-5-4-8-18-15(11)10-19-16(20)13-6-7-14(17-3)12(2)9-13/h4-9,17H,10H2,1-3H3,(H,19,20). The quantitative estimate of drug-likeness (QED) is 0.897. The van der Waals surface area contributed by atoms with Crippen molar-refractivity contribution >= 4 is 11.6 Å². The van der Waals surface area contributed by atoms with Crippen LogP contribution < -0.4 is 10.6 Å². The van der Waals surface area contributed by atoms with E-state index >= 15 is 0 Å². The fraction of sp³-hybridized carbons (Fsp3) is 0.250. The summed E-state index contributed by atoms with van der Waals surface area (Å²) in [6.45, 7) is 4.41. The summed E-state index contributed by atoms with van der Waals surface area (Å²) < 4.78 is 0. The van der Waals surface area contributed by atoms with E-state index in [1.807, 2.05) is 51.2 Å². The fourth-order valence-electron chi connectivity index (χ4n) is 2.05. The molecule has 1 amide bonds. The summed E-state index contributed by atoms with van der Waals surface area (Å²) in [5, 5.41) is 5.98. The third-order valence-electron chi connectivity index (χ3n) is 3.29. The molecule has 0 saturated carbocycles. The zero-order chi connectivity index (χ0) is 14.5. The summed E-state index contributed by atoms with van der Waals surface area (Å²) >= 11 is 0. The van der Waals surface area contributed by atoms with Crippen LogP contribution in [-0.2, 0) is 6.54 Å². The fourth-order valence-corrected chi connectivity index (χ4v) is 2.05. The van der Waals surface area contributed by atoms with Crippen LogP contribution in [0, 0.1) is 13.8 Å². The van der Waals surface area contributed by atoms with Crippen LogP contribution in [-0.4, -0.2) is 17.9 Å². The Labute approximate surface area is 119 Å². The number of benzene rings is 1. The van der Waals surface area contributed by atoms with E-state index in [-0.39, 0.29) is 5.91 Å². The number of aromatic nitrogens is 1. The van der Waals surface area contributed by atoms with Crippen molar-refractivity contribution in [1.82, 2.24) is 10.3 Å². The van der Waals surface area contributed by atoms with Gasteiger partial charge in [0.15, 0.2) is 0 Å². The molecule has 0 aliphatic rings. The molecule has 0 atom stereocenters. The van der Waals surface area contributed by atoms with Crippen LogP contribution in [0.3, 0.4) is 0 Å². The second-order valence-electron chi connectivity index (χ2n) is 4.73. The molecular formula is C16H19N3O. The highest BCUT2D eigenvalue weighted by molar-refractivity contribution is 5.94. The minimum atomic E-state index is -0.0826. The number of nitrogens with one attached hydrogen (secondary N) is 2. The van der Waals surface area contributed by atoms with Crippen LogP contribution in [0.25, 0.3) is 0 Å². The van der Waals surface area contributed by atoms with Crippen molar-refractivity contribution in [3.8, 4) is 0 Å². The number of carbonyl (C=O) groups excluding carboxylic acids is 1. The maximum Gasteiger partial charge on any atom is 0.251 e. The van der Waals surface area contributed by atoms with Gasteiger partial charge in [-0.25, -0.2) is 0 Å². The zero-order valence-corrected chi connectivity index (χ0v) is 12.0. The predicted octanol–water partition coefficient (Wildman–Crippen LogP) is 2.67. The van der Waals surface area contributed by atoms with Crippen LogP contribution in [0.5, 0.6) is 0 Å². The average molecular weight is 269 g/mol.